The number of hydrogen-bond acceptors (Lipinski definition) is 2. The Kier molecular flexibility index (Phi) is 3.31. The first-order valence-electron chi connectivity index (χ1n) is 4.06. The summed E-state index contributed by atoms with van der Waals surface area (Å²) in [5.74, 6) is -2.67. The molecule has 0 saturated heterocycles. The van der Waals surface area contributed by atoms with Gasteiger partial charge in [-0.2, -0.15) is 13.2 Å². The van der Waals surface area contributed by atoms with Crippen molar-refractivity contribution < 1.29 is 27.5 Å². The fourth-order valence-corrected chi connectivity index (χ4v) is 1.08. The lowest BCUT2D eigenvalue weighted by atomic mass is 10.1. The Morgan fingerprint density at radius 2 is 1.94 bits per heavy atom. The lowest BCUT2D eigenvalue weighted by Crippen LogP contribution is -2.18. The Morgan fingerprint density at radius 3 is 2.44 bits per heavy atom. The number of benzene rings is 1. The third kappa shape index (κ3) is 3.08. The summed E-state index contributed by atoms with van der Waals surface area (Å²) < 4.78 is 49.8. The van der Waals surface area contributed by atoms with E-state index in [0.717, 1.165) is 12.1 Å². The molecule has 0 aliphatic rings. The van der Waals surface area contributed by atoms with E-state index in [2.05, 4.69) is 0 Å². The SMILES string of the molecule is O=C([O-])/C=C/c1ccc(F)cc1C(F)(F)F. The molecule has 0 atom stereocenters. The maximum atomic E-state index is 12.6. The van der Waals surface area contributed by atoms with Gasteiger partial charge in [-0.05, 0) is 23.8 Å². The Morgan fingerprint density at radius 1 is 1.31 bits per heavy atom. The molecule has 0 heterocycles. The minimum absolute atomic E-state index is 0.301. The second kappa shape index (κ2) is 4.34. The molecule has 2 nitrogen and oxygen atoms in total. The van der Waals surface area contributed by atoms with Gasteiger partial charge in [0.05, 0.1) is 11.5 Å². The summed E-state index contributed by atoms with van der Waals surface area (Å²) in [7, 11) is 0. The first-order chi connectivity index (χ1) is 7.30. The van der Waals surface area contributed by atoms with Gasteiger partial charge in [0.1, 0.15) is 5.82 Å². The second-order valence-corrected chi connectivity index (χ2v) is 2.88. The molecule has 0 unspecified atom stereocenters. The number of carbonyl (C=O) groups is 1. The number of carboxylic acids is 1. The monoisotopic (exact) mass is 233 g/mol. The standard InChI is InChI=1S/C10H6F4O2/c11-7-3-1-6(2-4-9(15)16)8(5-7)10(12,13)14/h1-5H,(H,15,16)/p-1/b4-2+. The fourth-order valence-electron chi connectivity index (χ4n) is 1.08. The minimum Gasteiger partial charge on any atom is -0.545 e. The van der Waals surface area contributed by atoms with Crippen LogP contribution in [0.1, 0.15) is 11.1 Å². The smallest absolute Gasteiger partial charge is 0.417 e. The van der Waals surface area contributed by atoms with E-state index in [-0.39, 0.29) is 0 Å². The van der Waals surface area contributed by atoms with Crippen LogP contribution in [0.25, 0.3) is 6.08 Å². The Labute approximate surface area is 87.8 Å². The van der Waals surface area contributed by atoms with E-state index in [1.165, 1.54) is 0 Å². The summed E-state index contributed by atoms with van der Waals surface area (Å²) in [4.78, 5) is 10.0. The average molecular weight is 233 g/mol. The zero-order valence-corrected chi connectivity index (χ0v) is 7.72. The van der Waals surface area contributed by atoms with Crippen molar-refractivity contribution in [3.05, 3.63) is 41.2 Å². The molecule has 0 aliphatic carbocycles. The number of rotatable bonds is 2. The Balaban J connectivity index is 3.23. The summed E-state index contributed by atoms with van der Waals surface area (Å²) in [5, 5.41) is 10.0. The van der Waals surface area contributed by atoms with Crippen molar-refractivity contribution in [1.82, 2.24) is 0 Å². The van der Waals surface area contributed by atoms with Crippen LogP contribution >= 0.6 is 0 Å². The fraction of sp³-hybridized carbons (Fsp3) is 0.100. The predicted octanol–water partition coefficient (Wildman–Crippen LogP) is 1.61. The van der Waals surface area contributed by atoms with E-state index >= 15 is 0 Å². The lowest BCUT2D eigenvalue weighted by molar-refractivity contribution is -0.297. The zero-order chi connectivity index (χ0) is 12.3. The van der Waals surface area contributed by atoms with Crippen LogP contribution in [0.15, 0.2) is 24.3 Å². The average Bonchev–Trinajstić information content (AvgIpc) is 2.14. The highest BCUT2D eigenvalue weighted by molar-refractivity contribution is 5.83. The number of aliphatic carboxylic acids is 1. The molecule has 1 aromatic carbocycles. The summed E-state index contributed by atoms with van der Waals surface area (Å²) >= 11 is 0. The molecule has 1 aromatic rings. The van der Waals surface area contributed by atoms with E-state index in [9.17, 15) is 27.5 Å². The van der Waals surface area contributed by atoms with Gasteiger partial charge in [0.25, 0.3) is 0 Å². The number of hydrogen-bond donors (Lipinski definition) is 0. The molecule has 16 heavy (non-hydrogen) atoms. The van der Waals surface area contributed by atoms with Gasteiger partial charge in [-0.15, -0.1) is 0 Å². The molecule has 0 bridgehead atoms. The van der Waals surface area contributed by atoms with Crippen LogP contribution in [-0.4, -0.2) is 5.97 Å². The predicted molar refractivity (Wildman–Crippen MR) is 45.4 cm³/mol. The third-order valence-corrected chi connectivity index (χ3v) is 1.72. The lowest BCUT2D eigenvalue weighted by Gasteiger charge is -2.10. The highest BCUT2D eigenvalue weighted by Crippen LogP contribution is 2.33. The molecule has 0 amide bonds. The molecule has 0 aliphatic heterocycles. The van der Waals surface area contributed by atoms with Crippen molar-refractivity contribution >= 4 is 12.0 Å². The second-order valence-electron chi connectivity index (χ2n) is 2.88. The van der Waals surface area contributed by atoms with Gasteiger partial charge < -0.3 is 9.90 Å². The summed E-state index contributed by atoms with van der Waals surface area (Å²) in [6.07, 6.45) is -3.59. The van der Waals surface area contributed by atoms with Crippen LogP contribution in [0.4, 0.5) is 17.6 Å². The summed E-state index contributed by atoms with van der Waals surface area (Å²) in [6.45, 7) is 0. The molecule has 0 saturated carbocycles. The van der Waals surface area contributed by atoms with Crippen LogP contribution < -0.4 is 5.11 Å². The summed E-state index contributed by atoms with van der Waals surface area (Å²) in [5.41, 5.74) is -1.66. The van der Waals surface area contributed by atoms with E-state index in [1.807, 2.05) is 0 Å². The Bertz CT molecular complexity index is 435. The molecule has 0 fully saturated rings. The molecular formula is C10H5F4O2-. The van der Waals surface area contributed by atoms with Gasteiger partial charge in [0.15, 0.2) is 0 Å². The van der Waals surface area contributed by atoms with Crippen molar-refractivity contribution in [2.45, 2.75) is 6.18 Å². The molecule has 0 radical (unpaired) electrons. The van der Waals surface area contributed by atoms with Crippen LogP contribution in [0.2, 0.25) is 0 Å². The molecular weight excluding hydrogens is 228 g/mol. The van der Waals surface area contributed by atoms with Crippen molar-refractivity contribution in [3.63, 3.8) is 0 Å². The number of carbonyl (C=O) groups excluding carboxylic acids is 1. The first-order valence-corrected chi connectivity index (χ1v) is 4.06. The molecule has 0 aromatic heterocycles. The molecule has 0 N–H and O–H groups in total. The van der Waals surface area contributed by atoms with Crippen LogP contribution in [-0.2, 0) is 11.0 Å². The number of carboxylic acid groups (broad SMARTS) is 1. The maximum absolute atomic E-state index is 12.6. The highest BCUT2D eigenvalue weighted by Gasteiger charge is 2.33. The quantitative estimate of drug-likeness (QED) is 0.575. The van der Waals surface area contributed by atoms with E-state index in [4.69, 9.17) is 0 Å². The van der Waals surface area contributed by atoms with E-state index in [0.29, 0.717) is 18.2 Å². The van der Waals surface area contributed by atoms with Crippen molar-refractivity contribution in [2.75, 3.05) is 0 Å². The number of alkyl halides is 3. The molecule has 0 spiro atoms. The molecule has 6 heteroatoms. The first kappa shape index (κ1) is 12.2. The van der Waals surface area contributed by atoms with E-state index in [1.54, 1.807) is 0 Å². The molecule has 1 rings (SSSR count). The van der Waals surface area contributed by atoms with Crippen LogP contribution in [0.5, 0.6) is 0 Å². The molecule has 86 valence electrons. The normalized spacial score (nSPS) is 12.0. The van der Waals surface area contributed by atoms with Crippen LogP contribution in [0.3, 0.4) is 0 Å². The van der Waals surface area contributed by atoms with Crippen molar-refractivity contribution in [3.8, 4) is 0 Å². The van der Waals surface area contributed by atoms with Gasteiger partial charge in [0.2, 0.25) is 0 Å². The van der Waals surface area contributed by atoms with E-state index < -0.39 is 29.1 Å². The van der Waals surface area contributed by atoms with Gasteiger partial charge in [-0.3, -0.25) is 0 Å². The Hall–Kier alpha value is -1.85. The van der Waals surface area contributed by atoms with Crippen molar-refractivity contribution in [2.24, 2.45) is 0 Å². The zero-order valence-electron chi connectivity index (χ0n) is 7.72. The number of halogens is 4. The maximum Gasteiger partial charge on any atom is 0.417 e. The largest absolute Gasteiger partial charge is 0.545 e. The van der Waals surface area contributed by atoms with Crippen LogP contribution in [0, 0.1) is 5.82 Å². The highest BCUT2D eigenvalue weighted by atomic mass is 19.4. The van der Waals surface area contributed by atoms with Gasteiger partial charge in [0, 0.05) is 0 Å². The summed E-state index contributed by atoms with van der Waals surface area (Å²) in [6, 6.07) is 1.96. The van der Waals surface area contributed by atoms with Crippen molar-refractivity contribution in [1.29, 1.82) is 0 Å². The van der Waals surface area contributed by atoms with Gasteiger partial charge >= 0.3 is 6.18 Å². The minimum atomic E-state index is -4.74. The third-order valence-electron chi connectivity index (χ3n) is 1.72. The topological polar surface area (TPSA) is 40.1 Å². The van der Waals surface area contributed by atoms with Gasteiger partial charge in [-0.1, -0.05) is 12.1 Å². The van der Waals surface area contributed by atoms with Gasteiger partial charge in [-0.25, -0.2) is 4.39 Å².